The van der Waals surface area contributed by atoms with Gasteiger partial charge in [-0.15, -0.1) is 22.1 Å². The van der Waals surface area contributed by atoms with Crippen molar-refractivity contribution in [3.63, 3.8) is 0 Å². The molecule has 53 heavy (non-hydrogen) atoms. The Morgan fingerprint density at radius 2 is 0.736 bits per heavy atom. The first-order chi connectivity index (χ1) is 25.4. The van der Waals surface area contributed by atoms with Crippen LogP contribution in [0.25, 0.3) is 32.9 Å². The summed E-state index contributed by atoms with van der Waals surface area (Å²) < 4.78 is 0. The zero-order valence-electron chi connectivity index (χ0n) is 28.2. The number of hydrogen-bond acceptors (Lipinski definition) is 0. The van der Waals surface area contributed by atoms with Crippen molar-refractivity contribution < 1.29 is 16.8 Å². The summed E-state index contributed by atoms with van der Waals surface area (Å²) in [7, 11) is 0. The van der Waals surface area contributed by atoms with Crippen LogP contribution in [0.15, 0.2) is 133 Å². The van der Waals surface area contributed by atoms with E-state index in [1.165, 1.54) is 0 Å². The molecule has 8 bridgehead atoms. The molecule has 2 unspecified atom stereocenters. The number of rotatable bonds is 4. The number of aromatic nitrogens is 2. The van der Waals surface area contributed by atoms with Crippen molar-refractivity contribution >= 4 is 68.7 Å². The summed E-state index contributed by atoms with van der Waals surface area (Å²) in [6.45, 7) is 0. The van der Waals surface area contributed by atoms with Crippen molar-refractivity contribution in [2.24, 2.45) is 0 Å². The first-order valence-corrected chi connectivity index (χ1v) is 18.8. The van der Waals surface area contributed by atoms with Crippen LogP contribution in [0.3, 0.4) is 0 Å². The molecule has 9 heteroatoms. The van der Waals surface area contributed by atoms with Crippen molar-refractivity contribution in [1.29, 1.82) is 0 Å². The Hall–Kier alpha value is -4.07. The molecule has 3 aliphatic rings. The van der Waals surface area contributed by atoms with Gasteiger partial charge in [0.2, 0.25) is 0 Å². The van der Waals surface area contributed by atoms with Crippen LogP contribution in [-0.4, -0.2) is 12.1 Å². The number of fused-ring (bicyclic) bond motifs is 8. The summed E-state index contributed by atoms with van der Waals surface area (Å²) in [4.78, 5) is 10.8. The molecule has 0 amide bonds. The van der Waals surface area contributed by atoms with Gasteiger partial charge >= 0.3 is 16.8 Å². The maximum absolute atomic E-state index is 6.39. The fourth-order valence-electron chi connectivity index (χ4n) is 7.72. The first-order valence-electron chi connectivity index (χ1n) is 17.3. The Morgan fingerprint density at radius 1 is 0.396 bits per heavy atom. The van der Waals surface area contributed by atoms with Crippen LogP contribution in [0, 0.1) is 0 Å². The molecular weight excluding hydrogens is 785 g/mol. The van der Waals surface area contributed by atoms with Crippen molar-refractivity contribution in [3.8, 4) is 0 Å². The van der Waals surface area contributed by atoms with E-state index >= 15 is 0 Å². The number of benzene rings is 4. The molecule has 4 aromatic carbocycles. The van der Waals surface area contributed by atoms with Crippen molar-refractivity contribution in [2.45, 2.75) is 37.8 Å². The Balaban J connectivity index is 0.00000400. The minimum Gasteiger partial charge on any atom is -0.681 e. The van der Waals surface area contributed by atoms with Gasteiger partial charge in [0.1, 0.15) is 0 Å². The molecule has 2 aromatic heterocycles. The molecular formula is C44H30Cl4CoN4-2. The van der Waals surface area contributed by atoms with Gasteiger partial charge in [0, 0.05) is 20.1 Å². The molecule has 2 saturated heterocycles. The molecule has 265 valence electrons. The molecule has 0 saturated carbocycles. The predicted molar refractivity (Wildman–Crippen MR) is 214 cm³/mol. The standard InChI is InChI=1S/C44H30Cl4N4.Co/c45-29-9-1-25(2-10-29)41-33-17-19-35(49-33)42(26-3-11-30(46)12-4-26)37-21-23-39(51-37)44(28-7-15-32(48)16-8-28)40-24-22-38(52-40)43(36-20-18-34(41)50-36)27-5-13-31(47)14-6-27;/h1-17,19,22,24,34,37H,18,20-21,23H2;/q-4;+2. The number of allylic oxidation sites excluding steroid dienone is 2. The van der Waals surface area contributed by atoms with Crippen molar-refractivity contribution in [3.05, 3.63) is 208 Å². The van der Waals surface area contributed by atoms with Crippen LogP contribution in [0.1, 0.15) is 59.3 Å². The van der Waals surface area contributed by atoms with Crippen molar-refractivity contribution in [1.82, 2.24) is 9.97 Å². The van der Waals surface area contributed by atoms with E-state index in [0.29, 0.717) is 20.1 Å². The van der Waals surface area contributed by atoms with Gasteiger partial charge in [0.25, 0.3) is 0 Å². The van der Waals surface area contributed by atoms with Crippen LogP contribution >= 0.6 is 46.4 Å². The van der Waals surface area contributed by atoms with E-state index in [-0.39, 0.29) is 28.9 Å². The topological polar surface area (TPSA) is 56.4 Å². The SMILES string of the molecule is Clc1ccc(C2=C3CCC([N-]3)C(c3ccc(Cl)cc3)=c3ccc([n-]3)=C(c3ccc(Cl)cc3)C3CCC(=C(c4ccc(Cl)cc4)c4ccc2[n-]4)[N-]3)cc1.[Co+2]. The first kappa shape index (κ1) is 35.9. The average molecular weight is 815 g/mol. The van der Waals surface area contributed by atoms with E-state index in [9.17, 15) is 0 Å². The van der Waals surface area contributed by atoms with Gasteiger partial charge in [0.05, 0.1) is 0 Å². The van der Waals surface area contributed by atoms with Gasteiger partial charge in [0.15, 0.2) is 0 Å². The third kappa shape index (κ3) is 7.03. The van der Waals surface area contributed by atoms with Crippen LogP contribution in [0.4, 0.5) is 0 Å². The van der Waals surface area contributed by atoms with Crippen LogP contribution < -0.4 is 20.7 Å². The molecule has 5 heterocycles. The molecule has 4 nitrogen and oxygen atoms in total. The second-order valence-corrected chi connectivity index (χ2v) is 15.0. The molecule has 9 rings (SSSR count). The normalized spacial score (nSPS) is 18.2. The minimum absolute atomic E-state index is 0. The molecule has 2 fully saturated rings. The summed E-state index contributed by atoms with van der Waals surface area (Å²) >= 11 is 25.5. The maximum atomic E-state index is 6.39. The summed E-state index contributed by atoms with van der Waals surface area (Å²) in [5, 5.41) is 15.5. The van der Waals surface area contributed by atoms with E-state index in [0.717, 1.165) is 104 Å². The molecule has 2 atom stereocenters. The molecule has 0 aliphatic carbocycles. The molecule has 1 radical (unpaired) electrons. The van der Waals surface area contributed by atoms with Gasteiger partial charge in [-0.3, -0.25) is 0 Å². The number of hydrogen-bond donors (Lipinski definition) is 0. The Kier molecular flexibility index (Phi) is 10.2. The zero-order chi connectivity index (χ0) is 35.3. The van der Waals surface area contributed by atoms with Gasteiger partial charge in [-0.2, -0.15) is 11.4 Å². The van der Waals surface area contributed by atoms with Crippen molar-refractivity contribution in [2.75, 3.05) is 0 Å². The van der Waals surface area contributed by atoms with Gasteiger partial charge in [-0.25, -0.2) is 0 Å². The number of nitrogens with zero attached hydrogens (tertiary/aromatic N) is 4. The molecule has 6 aromatic rings. The second kappa shape index (κ2) is 15.0. The third-order valence-electron chi connectivity index (χ3n) is 10.1. The van der Waals surface area contributed by atoms with E-state index in [2.05, 4.69) is 72.8 Å². The van der Waals surface area contributed by atoms with Gasteiger partial charge in [-0.1, -0.05) is 166 Å². The average Bonchev–Trinajstić information content (AvgIpc) is 3.99. The number of halogens is 4. The largest absolute Gasteiger partial charge is 2.00 e. The minimum atomic E-state index is -0.130. The monoisotopic (exact) mass is 813 g/mol. The summed E-state index contributed by atoms with van der Waals surface area (Å²) in [6, 6.07) is 40.1. The third-order valence-corrected chi connectivity index (χ3v) is 11.1. The van der Waals surface area contributed by atoms with E-state index in [1.807, 2.05) is 48.5 Å². The van der Waals surface area contributed by atoms with Crippen LogP contribution in [-0.2, 0) is 16.8 Å². The van der Waals surface area contributed by atoms with Crippen LogP contribution in [0.2, 0.25) is 20.1 Å². The summed E-state index contributed by atoms with van der Waals surface area (Å²) in [5.41, 5.74) is 12.0. The van der Waals surface area contributed by atoms with E-state index < -0.39 is 0 Å². The van der Waals surface area contributed by atoms with Gasteiger partial charge < -0.3 is 20.6 Å². The quantitative estimate of drug-likeness (QED) is 0.178. The summed E-state index contributed by atoms with van der Waals surface area (Å²) in [6.07, 6.45) is 3.21. The fraction of sp³-hybridized carbons (Fsp3) is 0.136. The van der Waals surface area contributed by atoms with Gasteiger partial charge in [-0.05, 0) is 83.6 Å². The predicted octanol–water partition coefficient (Wildman–Crippen LogP) is 10.9. The summed E-state index contributed by atoms with van der Waals surface area (Å²) in [5.74, 6) is 0. The molecule has 3 aliphatic heterocycles. The smallest absolute Gasteiger partial charge is 0.681 e. The Bertz CT molecular complexity index is 2320. The second-order valence-electron chi connectivity index (χ2n) is 13.3. The molecule has 0 N–H and O–H groups in total. The Labute approximate surface area is 338 Å². The fourth-order valence-corrected chi connectivity index (χ4v) is 8.22. The molecule has 0 spiro atoms. The van der Waals surface area contributed by atoms with Crippen LogP contribution in [0.5, 0.6) is 0 Å². The zero-order valence-corrected chi connectivity index (χ0v) is 32.2. The maximum Gasteiger partial charge on any atom is 2.00 e. The van der Waals surface area contributed by atoms with E-state index in [4.69, 9.17) is 67.0 Å². The van der Waals surface area contributed by atoms with E-state index in [1.54, 1.807) is 0 Å². The Morgan fingerprint density at radius 3 is 1.09 bits per heavy atom.